The van der Waals surface area contributed by atoms with Crippen LogP contribution >= 0.6 is 27.3 Å². The first-order chi connectivity index (χ1) is 11.0. The molecule has 2 aromatic heterocycles. The summed E-state index contributed by atoms with van der Waals surface area (Å²) >= 11 is 5.10. The van der Waals surface area contributed by atoms with E-state index in [1.165, 1.54) is 12.1 Å². The number of hydrogen-bond donors (Lipinski definition) is 0. The van der Waals surface area contributed by atoms with Crippen LogP contribution in [0.4, 0.5) is 4.39 Å². The molecule has 0 unspecified atom stereocenters. The lowest BCUT2D eigenvalue weighted by atomic mass is 10.2. The summed E-state index contributed by atoms with van der Waals surface area (Å²) in [5.74, 6) is -0.263. The van der Waals surface area contributed by atoms with Gasteiger partial charge < -0.3 is 9.47 Å². The summed E-state index contributed by atoms with van der Waals surface area (Å²) in [7, 11) is 1.79. The van der Waals surface area contributed by atoms with Crippen LogP contribution in [0.25, 0.3) is 10.2 Å². The summed E-state index contributed by atoms with van der Waals surface area (Å²) in [4.78, 5) is 14.3. The molecule has 0 saturated heterocycles. The Labute approximate surface area is 146 Å². The van der Waals surface area contributed by atoms with E-state index in [1.807, 2.05) is 23.6 Å². The first-order valence-electron chi connectivity index (χ1n) is 7.28. The molecule has 23 heavy (non-hydrogen) atoms. The molecule has 0 aliphatic heterocycles. The van der Waals surface area contributed by atoms with Crippen LogP contribution in [0.2, 0.25) is 0 Å². The lowest BCUT2D eigenvalue weighted by Crippen LogP contribution is -2.28. The maximum atomic E-state index is 13.1. The molecule has 3 nitrogen and oxygen atoms in total. The Kier molecular flexibility index (Phi) is 4.55. The first-order valence-corrected chi connectivity index (χ1v) is 8.89. The summed E-state index contributed by atoms with van der Waals surface area (Å²) in [5.41, 5.74) is 2.63. The van der Waals surface area contributed by atoms with Crippen LogP contribution in [0.1, 0.15) is 23.0 Å². The molecule has 0 radical (unpaired) electrons. The zero-order valence-electron chi connectivity index (χ0n) is 12.8. The van der Waals surface area contributed by atoms with Gasteiger partial charge in [0, 0.05) is 20.1 Å². The molecule has 0 bridgehead atoms. The number of thiophene rings is 1. The summed E-state index contributed by atoms with van der Waals surface area (Å²) in [6.07, 6.45) is 0. The van der Waals surface area contributed by atoms with Crippen molar-refractivity contribution in [1.82, 2.24) is 9.47 Å². The third-order valence-corrected chi connectivity index (χ3v) is 5.43. The number of amides is 1. The Balaban J connectivity index is 2.07. The van der Waals surface area contributed by atoms with E-state index in [-0.39, 0.29) is 11.7 Å². The Morgan fingerprint density at radius 2 is 2.00 bits per heavy atom. The van der Waals surface area contributed by atoms with Crippen molar-refractivity contribution in [2.75, 3.05) is 13.6 Å². The van der Waals surface area contributed by atoms with Gasteiger partial charge in [0.2, 0.25) is 0 Å². The quantitative estimate of drug-likeness (QED) is 0.626. The Morgan fingerprint density at radius 3 is 2.65 bits per heavy atom. The molecular formula is C17H16BrFN2OS. The fourth-order valence-electron chi connectivity index (χ4n) is 2.47. The average Bonchev–Trinajstić information content (AvgIpc) is 3.05. The number of benzene rings is 1. The Bertz CT molecular complexity index is 853. The Morgan fingerprint density at radius 1 is 1.30 bits per heavy atom. The molecule has 0 N–H and O–H groups in total. The molecule has 120 valence electrons. The maximum Gasteiger partial charge on any atom is 0.270 e. The summed E-state index contributed by atoms with van der Waals surface area (Å²) in [6.45, 7) is 3.13. The van der Waals surface area contributed by atoms with Crippen molar-refractivity contribution in [2.45, 2.75) is 13.5 Å². The van der Waals surface area contributed by atoms with Gasteiger partial charge in [-0.05, 0) is 52.7 Å². The molecule has 3 rings (SSSR count). The van der Waals surface area contributed by atoms with Crippen LogP contribution in [-0.4, -0.2) is 29.0 Å². The van der Waals surface area contributed by atoms with Gasteiger partial charge in [0.15, 0.2) is 0 Å². The lowest BCUT2D eigenvalue weighted by molar-refractivity contribution is 0.0793. The van der Waals surface area contributed by atoms with Crippen molar-refractivity contribution in [1.29, 1.82) is 0 Å². The van der Waals surface area contributed by atoms with E-state index in [1.54, 1.807) is 35.4 Å². The third-order valence-electron chi connectivity index (χ3n) is 3.85. The van der Waals surface area contributed by atoms with Crippen molar-refractivity contribution >= 4 is 43.4 Å². The highest BCUT2D eigenvalue weighted by Gasteiger charge is 2.20. The van der Waals surface area contributed by atoms with Crippen molar-refractivity contribution in [3.8, 4) is 0 Å². The standard InChI is InChI=1S/C17H16BrFN2OS/c1-3-20(2)17(22)14-8-15-13(9-16(18)23-15)21(14)10-11-4-6-12(19)7-5-11/h4-9H,3,10H2,1-2H3. The van der Waals surface area contributed by atoms with E-state index < -0.39 is 0 Å². The van der Waals surface area contributed by atoms with E-state index in [4.69, 9.17) is 0 Å². The largest absolute Gasteiger partial charge is 0.341 e. The topological polar surface area (TPSA) is 25.2 Å². The molecule has 0 saturated carbocycles. The molecule has 0 fully saturated rings. The highest BCUT2D eigenvalue weighted by Crippen LogP contribution is 2.33. The van der Waals surface area contributed by atoms with Crippen molar-refractivity contribution < 1.29 is 9.18 Å². The van der Waals surface area contributed by atoms with Crippen molar-refractivity contribution in [2.24, 2.45) is 0 Å². The summed E-state index contributed by atoms with van der Waals surface area (Å²) < 4.78 is 17.2. The number of carbonyl (C=O) groups is 1. The van der Waals surface area contributed by atoms with Crippen LogP contribution in [0.3, 0.4) is 0 Å². The predicted octanol–water partition coefficient (Wildman–Crippen LogP) is 4.74. The molecule has 0 aliphatic rings. The van der Waals surface area contributed by atoms with E-state index in [9.17, 15) is 9.18 Å². The highest BCUT2D eigenvalue weighted by atomic mass is 79.9. The normalized spacial score (nSPS) is 11.1. The van der Waals surface area contributed by atoms with E-state index in [2.05, 4.69) is 15.9 Å². The zero-order chi connectivity index (χ0) is 16.6. The van der Waals surface area contributed by atoms with Crippen LogP contribution < -0.4 is 0 Å². The molecule has 0 atom stereocenters. The highest BCUT2D eigenvalue weighted by molar-refractivity contribution is 9.11. The predicted molar refractivity (Wildman–Crippen MR) is 95.7 cm³/mol. The smallest absolute Gasteiger partial charge is 0.270 e. The fourth-order valence-corrected chi connectivity index (χ4v) is 4.04. The third kappa shape index (κ3) is 3.19. The number of rotatable bonds is 4. The minimum absolute atomic E-state index is 0.00543. The molecule has 1 aromatic carbocycles. The minimum Gasteiger partial charge on any atom is -0.341 e. The molecular weight excluding hydrogens is 379 g/mol. The van der Waals surface area contributed by atoms with Gasteiger partial charge in [-0.25, -0.2) is 4.39 Å². The van der Waals surface area contributed by atoms with Gasteiger partial charge >= 0.3 is 0 Å². The fraction of sp³-hybridized carbons (Fsp3) is 0.235. The molecule has 0 spiro atoms. The second-order valence-electron chi connectivity index (χ2n) is 5.36. The molecule has 2 heterocycles. The Hall–Kier alpha value is -1.66. The van der Waals surface area contributed by atoms with Gasteiger partial charge in [-0.15, -0.1) is 11.3 Å². The van der Waals surface area contributed by atoms with Crippen LogP contribution in [-0.2, 0) is 6.54 Å². The monoisotopic (exact) mass is 394 g/mol. The van der Waals surface area contributed by atoms with Crippen molar-refractivity contribution in [3.05, 3.63) is 57.3 Å². The van der Waals surface area contributed by atoms with Gasteiger partial charge in [0.05, 0.1) is 14.0 Å². The van der Waals surface area contributed by atoms with Gasteiger partial charge in [-0.2, -0.15) is 0 Å². The number of halogens is 2. The van der Waals surface area contributed by atoms with Crippen LogP contribution in [0, 0.1) is 5.82 Å². The lowest BCUT2D eigenvalue weighted by Gasteiger charge is -2.17. The van der Waals surface area contributed by atoms with Crippen molar-refractivity contribution in [3.63, 3.8) is 0 Å². The van der Waals surface area contributed by atoms with Gasteiger partial charge in [-0.3, -0.25) is 4.79 Å². The number of fused-ring (bicyclic) bond motifs is 1. The second-order valence-corrected chi connectivity index (χ2v) is 7.82. The average molecular weight is 395 g/mol. The van der Waals surface area contributed by atoms with Crippen LogP contribution in [0.5, 0.6) is 0 Å². The summed E-state index contributed by atoms with van der Waals surface area (Å²) in [6, 6.07) is 10.3. The SMILES string of the molecule is CCN(C)C(=O)c1cc2sc(Br)cc2n1Cc1ccc(F)cc1. The minimum atomic E-state index is -0.258. The number of carbonyl (C=O) groups excluding carboxylic acids is 1. The van der Waals surface area contributed by atoms with E-state index in [0.717, 1.165) is 19.6 Å². The summed E-state index contributed by atoms with van der Waals surface area (Å²) in [5, 5.41) is 0. The van der Waals surface area contributed by atoms with E-state index in [0.29, 0.717) is 18.8 Å². The van der Waals surface area contributed by atoms with Gasteiger partial charge in [-0.1, -0.05) is 12.1 Å². The number of nitrogens with zero attached hydrogens (tertiary/aromatic N) is 2. The number of aromatic nitrogens is 1. The molecule has 1 amide bonds. The molecule has 6 heteroatoms. The van der Waals surface area contributed by atoms with Gasteiger partial charge in [0.1, 0.15) is 11.5 Å². The zero-order valence-corrected chi connectivity index (χ0v) is 15.2. The van der Waals surface area contributed by atoms with Crippen LogP contribution in [0.15, 0.2) is 40.2 Å². The maximum absolute atomic E-state index is 13.1. The first kappa shape index (κ1) is 16.2. The van der Waals surface area contributed by atoms with Gasteiger partial charge in [0.25, 0.3) is 5.91 Å². The second kappa shape index (κ2) is 6.45. The number of hydrogen-bond acceptors (Lipinski definition) is 2. The van der Waals surface area contributed by atoms with E-state index >= 15 is 0 Å². The molecule has 3 aromatic rings. The molecule has 0 aliphatic carbocycles.